The van der Waals surface area contributed by atoms with Crippen molar-refractivity contribution >= 4 is 12.6 Å². The molecule has 0 aromatic carbocycles. The molecule has 0 nitrogen and oxygen atoms in total. The Bertz CT molecular complexity index is 388. The summed E-state index contributed by atoms with van der Waals surface area (Å²) in [5.74, 6) is -3.20. The van der Waals surface area contributed by atoms with Gasteiger partial charge in [-0.25, -0.2) is 4.39 Å². The van der Waals surface area contributed by atoms with Gasteiger partial charge in [-0.3, -0.25) is 0 Å². The van der Waals surface area contributed by atoms with Crippen molar-refractivity contribution in [2.75, 3.05) is 5.75 Å². The zero-order valence-electron chi connectivity index (χ0n) is 12.8. The van der Waals surface area contributed by atoms with E-state index in [1.165, 1.54) is 0 Å². The van der Waals surface area contributed by atoms with Gasteiger partial charge in [-0.05, 0) is 31.4 Å². The van der Waals surface area contributed by atoms with Gasteiger partial charge in [0.25, 0.3) is 5.67 Å². The number of alkyl halides is 13. The molecule has 0 fully saturated rings. The van der Waals surface area contributed by atoms with Crippen LogP contribution in [-0.2, 0) is 0 Å². The highest BCUT2D eigenvalue weighted by Crippen LogP contribution is 2.57. The molecule has 0 heterocycles. The third-order valence-corrected chi connectivity index (χ3v) is 4.21. The summed E-state index contributed by atoms with van der Waals surface area (Å²) in [7, 11) is 0. The van der Waals surface area contributed by atoms with Gasteiger partial charge in [0.05, 0.1) is 0 Å². The minimum atomic E-state index is -6.58. The summed E-state index contributed by atoms with van der Waals surface area (Å²) in [6.45, 7) is -0.403. The van der Waals surface area contributed by atoms with Crippen molar-refractivity contribution in [3.63, 3.8) is 0 Å². The van der Waals surface area contributed by atoms with Crippen molar-refractivity contribution in [2.24, 2.45) is 11.3 Å². The lowest BCUT2D eigenvalue weighted by Gasteiger charge is -2.39. The highest BCUT2D eigenvalue weighted by molar-refractivity contribution is 7.80. The molecule has 14 heteroatoms. The van der Waals surface area contributed by atoms with Crippen molar-refractivity contribution in [2.45, 2.75) is 56.6 Å². The Labute approximate surface area is 144 Å². The Kier molecular flexibility index (Phi) is 7.29. The SMILES string of the molecule is CC(CC(CCS)CC(F)(C(F)(F)F)C(F)(F)F)(C(F)(F)F)C(F)(F)F. The summed E-state index contributed by atoms with van der Waals surface area (Å²) in [5, 5.41) is 0. The molecule has 0 bridgehead atoms. The summed E-state index contributed by atoms with van der Waals surface area (Å²) < 4.78 is 166. The van der Waals surface area contributed by atoms with Crippen LogP contribution in [0.1, 0.15) is 26.2 Å². The first kappa shape index (κ1) is 25.4. The van der Waals surface area contributed by atoms with Gasteiger partial charge in [0, 0.05) is 6.42 Å². The molecule has 0 saturated carbocycles. The second-order valence-corrected chi connectivity index (χ2v) is 6.36. The Morgan fingerprint density at radius 2 is 0.962 bits per heavy atom. The Hall–Kier alpha value is -0.560. The number of thiol groups is 1. The summed E-state index contributed by atoms with van der Waals surface area (Å²) in [6.07, 6.45) is -31.1. The predicted octanol–water partition coefficient (Wildman–Crippen LogP) is 6.67. The second-order valence-electron chi connectivity index (χ2n) is 5.91. The van der Waals surface area contributed by atoms with Crippen molar-refractivity contribution < 1.29 is 57.1 Å². The molecule has 0 aliphatic rings. The molecule has 0 spiro atoms. The summed E-state index contributed by atoms with van der Waals surface area (Å²) in [4.78, 5) is 0. The summed E-state index contributed by atoms with van der Waals surface area (Å²) >= 11 is 3.40. The summed E-state index contributed by atoms with van der Waals surface area (Å²) in [6, 6.07) is 0. The van der Waals surface area contributed by atoms with Crippen LogP contribution in [0, 0.1) is 11.3 Å². The lowest BCUT2D eigenvalue weighted by molar-refractivity contribution is -0.354. The van der Waals surface area contributed by atoms with Crippen LogP contribution < -0.4 is 0 Å². The van der Waals surface area contributed by atoms with E-state index < -0.39 is 73.6 Å². The van der Waals surface area contributed by atoms with E-state index in [0.29, 0.717) is 0 Å². The van der Waals surface area contributed by atoms with Crippen LogP contribution in [0.4, 0.5) is 57.1 Å². The molecule has 0 amide bonds. The van der Waals surface area contributed by atoms with Gasteiger partial charge in [0.1, 0.15) is 0 Å². The fourth-order valence-electron chi connectivity index (χ4n) is 2.22. The van der Waals surface area contributed by atoms with E-state index in [9.17, 15) is 57.1 Å². The Morgan fingerprint density at radius 3 is 1.19 bits per heavy atom. The molecule has 1 unspecified atom stereocenters. The van der Waals surface area contributed by atoms with E-state index in [2.05, 4.69) is 12.6 Å². The maximum atomic E-state index is 13.7. The molecule has 1 atom stereocenters. The maximum absolute atomic E-state index is 13.7. The van der Waals surface area contributed by atoms with Crippen LogP contribution in [-0.4, -0.2) is 36.1 Å². The first-order valence-electron chi connectivity index (χ1n) is 6.70. The molecule has 0 radical (unpaired) electrons. The van der Waals surface area contributed by atoms with Crippen molar-refractivity contribution in [3.8, 4) is 0 Å². The van der Waals surface area contributed by atoms with Crippen molar-refractivity contribution in [1.82, 2.24) is 0 Å². The van der Waals surface area contributed by atoms with Gasteiger partial charge in [0.15, 0.2) is 5.41 Å². The van der Waals surface area contributed by atoms with Crippen LogP contribution in [0.15, 0.2) is 0 Å². The first-order valence-corrected chi connectivity index (χ1v) is 7.34. The zero-order chi connectivity index (χ0) is 21.4. The van der Waals surface area contributed by atoms with Crippen molar-refractivity contribution in [3.05, 3.63) is 0 Å². The Balaban J connectivity index is 6.02. The zero-order valence-corrected chi connectivity index (χ0v) is 13.7. The molecule has 26 heavy (non-hydrogen) atoms. The third kappa shape index (κ3) is 5.03. The molecule has 0 rings (SSSR count). The highest BCUT2D eigenvalue weighted by Gasteiger charge is 2.74. The van der Waals surface area contributed by atoms with E-state index in [-0.39, 0.29) is 0 Å². The molecule has 0 aliphatic carbocycles. The average molecular weight is 436 g/mol. The van der Waals surface area contributed by atoms with E-state index >= 15 is 0 Å². The number of rotatable bonds is 6. The molecular weight excluding hydrogens is 423 g/mol. The van der Waals surface area contributed by atoms with Gasteiger partial charge < -0.3 is 0 Å². The second kappa shape index (κ2) is 7.46. The van der Waals surface area contributed by atoms with Gasteiger partial charge in [-0.2, -0.15) is 65.3 Å². The van der Waals surface area contributed by atoms with E-state index in [4.69, 9.17) is 0 Å². The average Bonchev–Trinajstić information content (AvgIpc) is 2.33. The van der Waals surface area contributed by atoms with Crippen LogP contribution in [0.25, 0.3) is 0 Å². The van der Waals surface area contributed by atoms with Crippen LogP contribution in [0.5, 0.6) is 0 Å². The van der Waals surface area contributed by atoms with Gasteiger partial charge >= 0.3 is 24.7 Å². The summed E-state index contributed by atoms with van der Waals surface area (Å²) in [5.41, 5.74) is -10.6. The molecular formula is C12H13F13S. The minimum absolute atomic E-state index is 0.403. The highest BCUT2D eigenvalue weighted by atomic mass is 32.1. The van der Waals surface area contributed by atoms with E-state index in [1.54, 1.807) is 0 Å². The number of halogens is 13. The molecule has 158 valence electrons. The largest absolute Gasteiger partial charge is 0.431 e. The molecule has 0 saturated heterocycles. The van der Waals surface area contributed by atoms with E-state index in [0.717, 1.165) is 0 Å². The van der Waals surface area contributed by atoms with Crippen molar-refractivity contribution in [1.29, 1.82) is 0 Å². The fraction of sp³-hybridized carbons (Fsp3) is 1.00. The fourth-order valence-corrected chi connectivity index (χ4v) is 2.58. The molecule has 0 aliphatic heterocycles. The lowest BCUT2D eigenvalue weighted by atomic mass is 9.75. The number of hydrogen-bond acceptors (Lipinski definition) is 1. The smallest absolute Gasteiger partial charge is 0.224 e. The normalized spacial score (nSPS) is 16.7. The lowest BCUT2D eigenvalue weighted by Crippen LogP contribution is -2.55. The third-order valence-electron chi connectivity index (χ3n) is 3.95. The van der Waals surface area contributed by atoms with Gasteiger partial charge in [-0.15, -0.1) is 0 Å². The quantitative estimate of drug-likeness (QED) is 0.349. The van der Waals surface area contributed by atoms with E-state index in [1.807, 2.05) is 0 Å². The monoisotopic (exact) mass is 436 g/mol. The standard InChI is InChI=1S/C12H13F13S/c1-7(9(14,15)16,10(17,18)19)4-6(2-3-26)5-8(13,11(20,21)22)12(23,24)25/h6,26H,2-5H2,1H3. The Morgan fingerprint density at radius 1 is 0.615 bits per heavy atom. The first-order chi connectivity index (χ1) is 11.1. The van der Waals surface area contributed by atoms with Gasteiger partial charge in [-0.1, -0.05) is 0 Å². The maximum Gasteiger partial charge on any atom is 0.431 e. The predicted molar refractivity (Wildman–Crippen MR) is 67.4 cm³/mol. The minimum Gasteiger partial charge on any atom is -0.224 e. The number of hydrogen-bond donors (Lipinski definition) is 1. The van der Waals surface area contributed by atoms with Crippen LogP contribution in [0.3, 0.4) is 0 Å². The molecule has 0 aromatic heterocycles. The topological polar surface area (TPSA) is 0 Å². The van der Waals surface area contributed by atoms with Crippen LogP contribution in [0.2, 0.25) is 0 Å². The molecule has 0 aromatic rings. The van der Waals surface area contributed by atoms with Crippen LogP contribution >= 0.6 is 12.6 Å². The van der Waals surface area contributed by atoms with Gasteiger partial charge in [0.2, 0.25) is 0 Å². The molecule has 0 N–H and O–H groups in total.